The van der Waals surface area contributed by atoms with Crippen LogP contribution in [0.5, 0.6) is 5.75 Å². The summed E-state index contributed by atoms with van der Waals surface area (Å²) in [5.74, 6) is 0.582. The van der Waals surface area contributed by atoms with Gasteiger partial charge in [0.15, 0.2) is 0 Å². The number of amides is 1. The molecule has 1 N–H and O–H groups in total. The molecule has 1 aliphatic rings. The second-order valence-electron chi connectivity index (χ2n) is 5.76. The van der Waals surface area contributed by atoms with Crippen molar-refractivity contribution in [1.82, 2.24) is 0 Å². The minimum atomic E-state index is -0.167. The monoisotopic (exact) mass is 360 g/mol. The minimum Gasteiger partial charge on any atom is -0.497 e. The van der Waals surface area contributed by atoms with Crippen LogP contribution in [0.15, 0.2) is 81.5 Å². The van der Waals surface area contributed by atoms with Crippen molar-refractivity contribution in [1.29, 1.82) is 0 Å². The predicted molar refractivity (Wildman–Crippen MR) is 105 cm³/mol. The zero-order chi connectivity index (χ0) is 17.9. The van der Waals surface area contributed by atoms with E-state index in [1.807, 2.05) is 66.9 Å². The highest BCUT2D eigenvalue weighted by molar-refractivity contribution is 7.99. The van der Waals surface area contributed by atoms with Gasteiger partial charge in [0, 0.05) is 32.8 Å². The number of ether oxygens (including phenoxy) is 1. The summed E-state index contributed by atoms with van der Waals surface area (Å²) in [6, 6.07) is 21.0. The van der Waals surface area contributed by atoms with Crippen LogP contribution in [0.1, 0.15) is 15.9 Å². The van der Waals surface area contributed by atoms with E-state index in [4.69, 9.17) is 4.74 Å². The average Bonchev–Trinajstić information content (AvgIpc) is 2.87. The van der Waals surface area contributed by atoms with Gasteiger partial charge in [0.1, 0.15) is 5.75 Å². The Morgan fingerprint density at radius 3 is 2.62 bits per heavy atom. The number of nitrogens with zero attached hydrogens (tertiary/aromatic N) is 1. The van der Waals surface area contributed by atoms with E-state index in [0.717, 1.165) is 32.5 Å². The molecule has 4 nitrogen and oxygen atoms in total. The number of anilines is 1. The van der Waals surface area contributed by atoms with E-state index in [1.165, 1.54) is 0 Å². The Kier molecular flexibility index (Phi) is 4.46. The Morgan fingerprint density at radius 1 is 1.00 bits per heavy atom. The summed E-state index contributed by atoms with van der Waals surface area (Å²) in [4.78, 5) is 19.3. The van der Waals surface area contributed by atoms with Crippen LogP contribution in [0, 0.1) is 0 Å². The smallest absolute Gasteiger partial charge is 0.255 e. The lowest BCUT2D eigenvalue weighted by atomic mass is 10.1. The molecule has 0 fully saturated rings. The molecule has 0 bridgehead atoms. The molecule has 3 aromatic rings. The molecule has 0 unspecified atom stereocenters. The molecule has 0 aromatic heterocycles. The first kappa shape index (κ1) is 16.4. The first-order valence-corrected chi connectivity index (χ1v) is 8.95. The third-order valence-corrected chi connectivity index (χ3v) is 5.21. The highest BCUT2D eigenvalue weighted by atomic mass is 32.2. The molecule has 4 rings (SSSR count). The molecule has 3 aromatic carbocycles. The van der Waals surface area contributed by atoms with E-state index >= 15 is 0 Å². The third kappa shape index (κ3) is 3.34. The lowest BCUT2D eigenvalue weighted by Gasteiger charge is -2.09. The fourth-order valence-electron chi connectivity index (χ4n) is 2.66. The van der Waals surface area contributed by atoms with Crippen LogP contribution < -0.4 is 10.1 Å². The molecular formula is C21H16N2O2S. The lowest BCUT2D eigenvalue weighted by Crippen LogP contribution is -2.11. The van der Waals surface area contributed by atoms with Crippen molar-refractivity contribution in [3.63, 3.8) is 0 Å². The van der Waals surface area contributed by atoms with Crippen molar-refractivity contribution in [2.45, 2.75) is 9.79 Å². The number of hydrogen-bond donors (Lipinski definition) is 1. The van der Waals surface area contributed by atoms with Gasteiger partial charge in [-0.3, -0.25) is 9.79 Å². The van der Waals surface area contributed by atoms with Gasteiger partial charge in [-0.1, -0.05) is 30.0 Å². The summed E-state index contributed by atoms with van der Waals surface area (Å²) in [7, 11) is 1.61. The maximum Gasteiger partial charge on any atom is 0.255 e. The fraction of sp³-hybridized carbons (Fsp3) is 0.0476. The Bertz CT molecular complexity index is 997. The van der Waals surface area contributed by atoms with Crippen molar-refractivity contribution < 1.29 is 9.53 Å². The zero-order valence-electron chi connectivity index (χ0n) is 14.1. The number of hydrogen-bond acceptors (Lipinski definition) is 4. The highest BCUT2D eigenvalue weighted by Crippen LogP contribution is 2.39. The van der Waals surface area contributed by atoms with Crippen LogP contribution in [0.2, 0.25) is 0 Å². The summed E-state index contributed by atoms with van der Waals surface area (Å²) < 4.78 is 5.13. The summed E-state index contributed by atoms with van der Waals surface area (Å²) in [6.45, 7) is 0. The van der Waals surface area contributed by atoms with Crippen molar-refractivity contribution in [2.75, 3.05) is 12.4 Å². The predicted octanol–water partition coefficient (Wildman–Crippen LogP) is 5.16. The van der Waals surface area contributed by atoms with Crippen LogP contribution in [0.4, 0.5) is 11.4 Å². The van der Waals surface area contributed by atoms with Gasteiger partial charge < -0.3 is 10.1 Å². The van der Waals surface area contributed by atoms with Crippen LogP contribution >= 0.6 is 11.8 Å². The first-order chi connectivity index (χ1) is 12.7. The Labute approximate surface area is 155 Å². The van der Waals surface area contributed by atoms with Gasteiger partial charge in [-0.15, -0.1) is 0 Å². The van der Waals surface area contributed by atoms with E-state index in [9.17, 15) is 4.79 Å². The second-order valence-corrected chi connectivity index (χ2v) is 6.85. The SMILES string of the molecule is COc1ccc(NC(=O)c2ccc3c(c2)N=Cc2ccccc2S3)cc1. The number of nitrogens with one attached hydrogen (secondary N) is 1. The molecule has 0 spiro atoms. The van der Waals surface area contributed by atoms with Crippen molar-refractivity contribution in [2.24, 2.45) is 4.99 Å². The number of aliphatic imine (C=N–C) groups is 1. The summed E-state index contributed by atoms with van der Waals surface area (Å²) in [6.07, 6.45) is 1.85. The number of carbonyl (C=O) groups excluding carboxylic acids is 1. The molecule has 1 aliphatic heterocycles. The molecule has 26 heavy (non-hydrogen) atoms. The fourth-order valence-corrected chi connectivity index (χ4v) is 3.64. The molecular weight excluding hydrogens is 344 g/mol. The molecule has 0 saturated carbocycles. The topological polar surface area (TPSA) is 50.7 Å². The first-order valence-electron chi connectivity index (χ1n) is 8.13. The summed E-state index contributed by atoms with van der Waals surface area (Å²) in [5, 5.41) is 2.90. The number of carbonyl (C=O) groups is 1. The lowest BCUT2D eigenvalue weighted by molar-refractivity contribution is 0.102. The Hall–Kier alpha value is -3.05. The number of methoxy groups -OCH3 is 1. The van der Waals surface area contributed by atoms with E-state index in [2.05, 4.69) is 16.4 Å². The quantitative estimate of drug-likeness (QED) is 0.549. The van der Waals surface area contributed by atoms with Crippen LogP contribution in [-0.2, 0) is 0 Å². The van der Waals surface area contributed by atoms with Gasteiger partial charge in [0.05, 0.1) is 12.8 Å². The average molecular weight is 360 g/mol. The summed E-state index contributed by atoms with van der Waals surface area (Å²) >= 11 is 1.66. The number of fused-ring (bicyclic) bond motifs is 2. The molecule has 0 saturated heterocycles. The molecule has 1 amide bonds. The normalized spacial score (nSPS) is 11.9. The van der Waals surface area contributed by atoms with Crippen LogP contribution in [-0.4, -0.2) is 19.2 Å². The highest BCUT2D eigenvalue weighted by Gasteiger charge is 2.14. The van der Waals surface area contributed by atoms with Gasteiger partial charge >= 0.3 is 0 Å². The van der Waals surface area contributed by atoms with Crippen molar-refractivity contribution in [3.8, 4) is 5.75 Å². The Balaban J connectivity index is 1.57. The largest absolute Gasteiger partial charge is 0.497 e. The Morgan fingerprint density at radius 2 is 1.81 bits per heavy atom. The third-order valence-electron chi connectivity index (χ3n) is 4.05. The van der Waals surface area contributed by atoms with Gasteiger partial charge in [-0.25, -0.2) is 0 Å². The zero-order valence-corrected chi connectivity index (χ0v) is 14.9. The van der Waals surface area contributed by atoms with Gasteiger partial charge in [-0.2, -0.15) is 0 Å². The van der Waals surface area contributed by atoms with E-state index in [1.54, 1.807) is 18.9 Å². The van der Waals surface area contributed by atoms with Gasteiger partial charge in [-0.05, 0) is 48.5 Å². The molecule has 5 heteroatoms. The number of benzene rings is 3. The van der Waals surface area contributed by atoms with E-state index in [0.29, 0.717) is 5.56 Å². The van der Waals surface area contributed by atoms with Crippen LogP contribution in [0.3, 0.4) is 0 Å². The minimum absolute atomic E-state index is 0.167. The molecule has 0 aliphatic carbocycles. The van der Waals surface area contributed by atoms with Gasteiger partial charge in [0.2, 0.25) is 0 Å². The molecule has 128 valence electrons. The molecule has 0 atom stereocenters. The standard InChI is InChI=1S/C21H16N2O2S/c1-25-17-9-7-16(8-10-17)23-21(24)14-6-11-20-18(12-14)22-13-15-4-2-3-5-19(15)26-20/h2-13H,1H3,(H,23,24). The molecule has 0 radical (unpaired) electrons. The van der Waals surface area contributed by atoms with E-state index in [-0.39, 0.29) is 5.91 Å². The van der Waals surface area contributed by atoms with E-state index < -0.39 is 0 Å². The van der Waals surface area contributed by atoms with Crippen LogP contribution in [0.25, 0.3) is 0 Å². The molecule has 1 heterocycles. The summed E-state index contributed by atoms with van der Waals surface area (Å²) in [5.41, 5.74) is 3.17. The van der Waals surface area contributed by atoms with Crippen molar-refractivity contribution >= 4 is 35.3 Å². The second kappa shape index (κ2) is 7.06. The maximum absolute atomic E-state index is 12.6. The van der Waals surface area contributed by atoms with Crippen molar-refractivity contribution in [3.05, 3.63) is 77.9 Å². The maximum atomic E-state index is 12.6. The number of rotatable bonds is 3. The van der Waals surface area contributed by atoms with Gasteiger partial charge in [0.25, 0.3) is 5.91 Å².